The molecule has 0 fully saturated rings. The van der Waals surface area contributed by atoms with Crippen molar-refractivity contribution >= 4 is 12.1 Å². The quantitative estimate of drug-likeness (QED) is 0.490. The van der Waals surface area contributed by atoms with Crippen molar-refractivity contribution in [2.75, 3.05) is 13.7 Å². The summed E-state index contributed by atoms with van der Waals surface area (Å²) in [5.41, 5.74) is 7.90. The van der Waals surface area contributed by atoms with Crippen LogP contribution in [0.25, 0.3) is 5.69 Å². The number of methoxy groups -OCH3 is 1. The lowest BCUT2D eigenvalue weighted by Crippen LogP contribution is -2.24. The predicted molar refractivity (Wildman–Crippen MR) is 114 cm³/mol. The van der Waals surface area contributed by atoms with Gasteiger partial charge in [0, 0.05) is 22.6 Å². The van der Waals surface area contributed by atoms with Crippen LogP contribution in [-0.4, -0.2) is 30.4 Å². The van der Waals surface area contributed by atoms with Crippen molar-refractivity contribution in [1.29, 1.82) is 0 Å². The average molecular weight is 391 g/mol. The van der Waals surface area contributed by atoms with Crippen LogP contribution in [0.4, 0.5) is 0 Å². The zero-order valence-corrected chi connectivity index (χ0v) is 17.1. The maximum absolute atomic E-state index is 12.0. The third-order valence-corrected chi connectivity index (χ3v) is 4.55. The highest BCUT2D eigenvalue weighted by Crippen LogP contribution is 2.25. The highest BCUT2D eigenvalue weighted by molar-refractivity contribution is 5.84. The smallest absolute Gasteiger partial charge is 0.277 e. The van der Waals surface area contributed by atoms with Crippen LogP contribution in [0.1, 0.15) is 22.5 Å². The van der Waals surface area contributed by atoms with E-state index in [1.54, 1.807) is 25.5 Å². The Kier molecular flexibility index (Phi) is 6.34. The number of para-hydroxylation sites is 2. The Morgan fingerprint density at radius 3 is 2.55 bits per heavy atom. The van der Waals surface area contributed by atoms with Gasteiger partial charge in [0.1, 0.15) is 0 Å². The number of aryl methyl sites for hydroxylation is 2. The molecule has 0 aliphatic carbocycles. The molecular formula is C23H25N3O3. The van der Waals surface area contributed by atoms with Crippen molar-refractivity contribution in [3.8, 4) is 17.2 Å². The molecule has 0 saturated carbocycles. The van der Waals surface area contributed by atoms with Crippen LogP contribution in [0.3, 0.4) is 0 Å². The molecule has 1 heterocycles. The summed E-state index contributed by atoms with van der Waals surface area (Å²) in [4.78, 5) is 12.0. The van der Waals surface area contributed by atoms with E-state index in [2.05, 4.69) is 40.2 Å². The van der Waals surface area contributed by atoms with Gasteiger partial charge >= 0.3 is 0 Å². The fraction of sp³-hybridized carbons (Fsp3) is 0.217. The average Bonchev–Trinajstić information content (AvgIpc) is 2.99. The number of aromatic nitrogens is 1. The Morgan fingerprint density at radius 1 is 1.07 bits per heavy atom. The summed E-state index contributed by atoms with van der Waals surface area (Å²) in [7, 11) is 1.56. The van der Waals surface area contributed by atoms with Crippen LogP contribution >= 0.6 is 0 Å². The standard InChI is InChI=1S/C23H25N3O3/c1-16-8-7-9-20(12-16)26-17(2)13-19(18(26)3)14-24-25-23(27)15-29-22-11-6-5-10-21(22)28-4/h5-14H,15H2,1-4H3,(H,25,27)/b24-14+. The lowest BCUT2D eigenvalue weighted by Gasteiger charge is -2.10. The van der Waals surface area contributed by atoms with Crippen molar-refractivity contribution in [1.82, 2.24) is 9.99 Å². The Bertz CT molecular complexity index is 1040. The maximum atomic E-state index is 12.0. The van der Waals surface area contributed by atoms with E-state index < -0.39 is 0 Å². The number of hydrogen-bond acceptors (Lipinski definition) is 4. The number of benzene rings is 2. The number of rotatable bonds is 7. The van der Waals surface area contributed by atoms with Gasteiger partial charge in [-0.05, 0) is 56.7 Å². The van der Waals surface area contributed by atoms with Crippen molar-refractivity contribution < 1.29 is 14.3 Å². The lowest BCUT2D eigenvalue weighted by atomic mass is 10.2. The van der Waals surface area contributed by atoms with Crippen LogP contribution < -0.4 is 14.9 Å². The third kappa shape index (κ3) is 4.85. The molecule has 3 aromatic rings. The Hall–Kier alpha value is -3.54. The van der Waals surface area contributed by atoms with Gasteiger partial charge < -0.3 is 14.0 Å². The Balaban J connectivity index is 1.63. The van der Waals surface area contributed by atoms with Gasteiger partial charge in [0.15, 0.2) is 18.1 Å². The van der Waals surface area contributed by atoms with Crippen molar-refractivity contribution in [2.24, 2.45) is 5.10 Å². The van der Waals surface area contributed by atoms with Crippen molar-refractivity contribution in [2.45, 2.75) is 20.8 Å². The number of amides is 1. The molecule has 6 heteroatoms. The molecule has 1 amide bonds. The monoisotopic (exact) mass is 391 g/mol. The van der Waals surface area contributed by atoms with E-state index in [0.29, 0.717) is 11.5 Å². The minimum absolute atomic E-state index is 0.153. The van der Waals surface area contributed by atoms with Crippen LogP contribution in [0, 0.1) is 20.8 Å². The highest BCUT2D eigenvalue weighted by Gasteiger charge is 2.10. The molecule has 0 saturated heterocycles. The molecule has 150 valence electrons. The number of nitrogens with one attached hydrogen (secondary N) is 1. The number of hydrogen-bond donors (Lipinski definition) is 1. The molecule has 0 unspecified atom stereocenters. The first-order valence-electron chi connectivity index (χ1n) is 9.33. The van der Waals surface area contributed by atoms with Gasteiger partial charge in [-0.25, -0.2) is 5.43 Å². The van der Waals surface area contributed by atoms with Gasteiger partial charge in [0.05, 0.1) is 13.3 Å². The van der Waals surface area contributed by atoms with E-state index in [1.807, 2.05) is 38.1 Å². The summed E-state index contributed by atoms with van der Waals surface area (Å²) in [6.45, 7) is 6.00. The largest absolute Gasteiger partial charge is 0.493 e. The molecule has 29 heavy (non-hydrogen) atoms. The summed E-state index contributed by atoms with van der Waals surface area (Å²) >= 11 is 0. The lowest BCUT2D eigenvalue weighted by molar-refractivity contribution is -0.123. The summed E-state index contributed by atoms with van der Waals surface area (Å²) in [5.74, 6) is 0.739. The number of carbonyl (C=O) groups excluding carboxylic acids is 1. The van der Waals surface area contributed by atoms with E-state index in [9.17, 15) is 4.79 Å². The van der Waals surface area contributed by atoms with Crippen LogP contribution in [0.15, 0.2) is 59.7 Å². The Labute approximate surface area is 170 Å². The fourth-order valence-electron chi connectivity index (χ4n) is 3.17. The zero-order chi connectivity index (χ0) is 20.8. The van der Waals surface area contributed by atoms with Crippen molar-refractivity contribution in [3.63, 3.8) is 0 Å². The first kappa shape index (κ1) is 20.2. The molecule has 0 atom stereocenters. The Morgan fingerprint density at radius 2 is 1.83 bits per heavy atom. The zero-order valence-electron chi connectivity index (χ0n) is 17.1. The highest BCUT2D eigenvalue weighted by atomic mass is 16.5. The first-order valence-corrected chi connectivity index (χ1v) is 9.33. The van der Waals surface area contributed by atoms with Gasteiger partial charge in [0.2, 0.25) is 0 Å². The SMILES string of the molecule is COc1ccccc1OCC(=O)N/N=C/c1cc(C)n(-c2cccc(C)c2)c1C. The van der Waals surface area contributed by atoms with Crippen LogP contribution in [-0.2, 0) is 4.79 Å². The first-order chi connectivity index (χ1) is 14.0. The summed E-state index contributed by atoms with van der Waals surface area (Å²) in [5, 5.41) is 4.07. The molecule has 6 nitrogen and oxygen atoms in total. The summed E-state index contributed by atoms with van der Waals surface area (Å²) < 4.78 is 12.9. The van der Waals surface area contributed by atoms with Gasteiger partial charge in [0.25, 0.3) is 5.91 Å². The molecule has 0 aliphatic heterocycles. The number of carbonyl (C=O) groups is 1. The van der Waals surface area contributed by atoms with E-state index in [0.717, 1.165) is 22.6 Å². The topological polar surface area (TPSA) is 64.8 Å². The van der Waals surface area contributed by atoms with Crippen LogP contribution in [0.2, 0.25) is 0 Å². The number of nitrogens with zero attached hydrogens (tertiary/aromatic N) is 2. The molecule has 1 aromatic heterocycles. The molecule has 0 aliphatic rings. The van der Waals surface area contributed by atoms with Crippen LogP contribution in [0.5, 0.6) is 11.5 Å². The minimum Gasteiger partial charge on any atom is -0.493 e. The molecule has 0 radical (unpaired) electrons. The van der Waals surface area contributed by atoms with E-state index >= 15 is 0 Å². The van der Waals surface area contributed by atoms with Gasteiger partial charge in [-0.2, -0.15) is 5.10 Å². The molecular weight excluding hydrogens is 366 g/mol. The third-order valence-electron chi connectivity index (χ3n) is 4.55. The molecule has 0 spiro atoms. The fourth-order valence-corrected chi connectivity index (χ4v) is 3.17. The predicted octanol–water partition coefficient (Wildman–Crippen LogP) is 3.94. The second kappa shape index (κ2) is 9.10. The summed E-state index contributed by atoms with van der Waals surface area (Å²) in [6.07, 6.45) is 1.65. The number of ether oxygens (including phenoxy) is 2. The van der Waals surface area contributed by atoms with E-state index in [1.165, 1.54) is 5.56 Å². The molecule has 0 bridgehead atoms. The molecule has 2 aromatic carbocycles. The van der Waals surface area contributed by atoms with Gasteiger partial charge in [-0.1, -0.05) is 24.3 Å². The van der Waals surface area contributed by atoms with E-state index in [4.69, 9.17) is 9.47 Å². The van der Waals surface area contributed by atoms with Crippen molar-refractivity contribution in [3.05, 3.63) is 77.1 Å². The second-order valence-corrected chi connectivity index (χ2v) is 6.73. The molecule has 3 rings (SSSR count). The maximum Gasteiger partial charge on any atom is 0.277 e. The van der Waals surface area contributed by atoms with Gasteiger partial charge in [-0.3, -0.25) is 4.79 Å². The second-order valence-electron chi connectivity index (χ2n) is 6.73. The molecule has 1 N–H and O–H groups in total. The number of hydrazone groups is 1. The van der Waals surface area contributed by atoms with E-state index in [-0.39, 0.29) is 12.5 Å². The summed E-state index contributed by atoms with van der Waals surface area (Å²) in [6, 6.07) is 17.5. The van der Waals surface area contributed by atoms with Gasteiger partial charge in [-0.15, -0.1) is 0 Å². The minimum atomic E-state index is -0.348. The normalized spacial score (nSPS) is 10.9.